The van der Waals surface area contributed by atoms with Crippen LogP contribution >= 0.6 is 0 Å². The predicted molar refractivity (Wildman–Crippen MR) is 127 cm³/mol. The summed E-state index contributed by atoms with van der Waals surface area (Å²) in [7, 11) is -3.70. The quantitative estimate of drug-likeness (QED) is 0.554. The van der Waals surface area contributed by atoms with Gasteiger partial charge in [0.2, 0.25) is 0 Å². The maximum atomic E-state index is 12.7. The number of hydrogen-bond donors (Lipinski definition) is 2. The lowest BCUT2D eigenvalue weighted by molar-refractivity contribution is 0.0954. The van der Waals surface area contributed by atoms with Gasteiger partial charge >= 0.3 is 0 Å². The number of sulfonamides is 1. The summed E-state index contributed by atoms with van der Waals surface area (Å²) in [5.41, 5.74) is 2.80. The van der Waals surface area contributed by atoms with Crippen molar-refractivity contribution >= 4 is 21.6 Å². The van der Waals surface area contributed by atoms with Gasteiger partial charge in [-0.25, -0.2) is 8.42 Å². The Morgan fingerprint density at radius 2 is 1.79 bits per heavy atom. The number of benzene rings is 2. The molecule has 9 heteroatoms. The summed E-state index contributed by atoms with van der Waals surface area (Å²) < 4.78 is 30.1. The van der Waals surface area contributed by atoms with Crippen molar-refractivity contribution in [2.75, 3.05) is 11.3 Å². The number of fused-ring (bicyclic) bond motifs is 1. The second-order valence-corrected chi connectivity index (χ2v) is 10.1. The molecule has 0 unspecified atom stereocenters. The molecular formula is C24H29N5O3S. The van der Waals surface area contributed by atoms with Gasteiger partial charge in [-0.15, -0.1) is 10.2 Å². The average Bonchev–Trinajstić information content (AvgIpc) is 3.01. The lowest BCUT2D eigenvalue weighted by Crippen LogP contribution is -2.26. The fourth-order valence-electron chi connectivity index (χ4n) is 3.90. The van der Waals surface area contributed by atoms with Crippen LogP contribution in [0.4, 0.5) is 5.69 Å². The highest BCUT2D eigenvalue weighted by Gasteiger charge is 2.16. The predicted octanol–water partition coefficient (Wildman–Crippen LogP) is 3.39. The first-order chi connectivity index (χ1) is 15.8. The van der Waals surface area contributed by atoms with E-state index in [0.717, 1.165) is 48.6 Å². The van der Waals surface area contributed by atoms with Crippen LogP contribution in [0, 0.1) is 13.8 Å². The van der Waals surface area contributed by atoms with Gasteiger partial charge in [0, 0.05) is 37.2 Å². The Kier molecular flexibility index (Phi) is 6.78. The van der Waals surface area contributed by atoms with E-state index in [1.54, 1.807) is 42.5 Å². The number of nitrogens with zero attached hydrogens (tertiary/aromatic N) is 3. The van der Waals surface area contributed by atoms with Gasteiger partial charge in [-0.3, -0.25) is 9.52 Å². The molecule has 0 radical (unpaired) electrons. The van der Waals surface area contributed by atoms with E-state index in [1.807, 2.05) is 13.8 Å². The van der Waals surface area contributed by atoms with Crippen LogP contribution in [0.15, 0.2) is 47.4 Å². The second kappa shape index (κ2) is 9.74. The molecule has 8 nitrogen and oxygen atoms in total. The van der Waals surface area contributed by atoms with Gasteiger partial charge in [-0.1, -0.05) is 12.5 Å². The Morgan fingerprint density at radius 3 is 2.55 bits per heavy atom. The summed E-state index contributed by atoms with van der Waals surface area (Å²) >= 11 is 0. The standard InChI is InChI=1S/C24H29N5O3S/c1-17-7-12-21(16-18(17)2)33(31,32)28-20-10-8-19(9-11-20)24(30)25-14-13-23-27-26-22-6-4-3-5-15-29(22)23/h7-12,16,28H,3-6,13-15H2,1-2H3,(H,25,30). The number of carbonyl (C=O) groups excluding carboxylic acids is 1. The molecule has 2 aromatic carbocycles. The SMILES string of the molecule is Cc1ccc(S(=O)(=O)Nc2ccc(C(=O)NCCc3nnc4n3CCCCC4)cc2)cc1C. The van der Waals surface area contributed by atoms with Crippen molar-refractivity contribution in [3.63, 3.8) is 0 Å². The van der Waals surface area contributed by atoms with Crippen molar-refractivity contribution in [3.8, 4) is 0 Å². The third-order valence-corrected chi connectivity index (χ3v) is 7.39. The molecular weight excluding hydrogens is 438 g/mol. The number of aryl methyl sites for hydroxylation is 3. The molecule has 2 N–H and O–H groups in total. The molecule has 0 saturated heterocycles. The number of anilines is 1. The monoisotopic (exact) mass is 467 g/mol. The van der Waals surface area contributed by atoms with Crippen LogP contribution in [0.3, 0.4) is 0 Å². The molecule has 0 bridgehead atoms. The Morgan fingerprint density at radius 1 is 1.00 bits per heavy atom. The van der Waals surface area contributed by atoms with Crippen LogP contribution in [-0.2, 0) is 29.4 Å². The van der Waals surface area contributed by atoms with Crippen molar-refractivity contribution in [1.29, 1.82) is 0 Å². The van der Waals surface area contributed by atoms with Gasteiger partial charge in [-0.2, -0.15) is 0 Å². The van der Waals surface area contributed by atoms with Crippen LogP contribution < -0.4 is 10.0 Å². The molecule has 0 spiro atoms. The van der Waals surface area contributed by atoms with Gasteiger partial charge in [0.25, 0.3) is 15.9 Å². The van der Waals surface area contributed by atoms with Crippen molar-refractivity contribution in [1.82, 2.24) is 20.1 Å². The number of nitrogens with one attached hydrogen (secondary N) is 2. The highest BCUT2D eigenvalue weighted by Crippen LogP contribution is 2.19. The summed E-state index contributed by atoms with van der Waals surface area (Å²) in [6.45, 7) is 5.20. The lowest BCUT2D eigenvalue weighted by Gasteiger charge is -2.11. The minimum absolute atomic E-state index is 0.207. The van der Waals surface area contributed by atoms with Gasteiger partial charge in [0.05, 0.1) is 4.90 Å². The van der Waals surface area contributed by atoms with E-state index in [-0.39, 0.29) is 10.8 Å². The maximum Gasteiger partial charge on any atom is 0.261 e. The van der Waals surface area contributed by atoms with Crippen molar-refractivity contribution < 1.29 is 13.2 Å². The Bertz CT molecular complexity index is 1250. The topological polar surface area (TPSA) is 106 Å². The van der Waals surface area contributed by atoms with E-state index >= 15 is 0 Å². The molecule has 3 aromatic rings. The molecule has 1 amide bonds. The first-order valence-electron chi connectivity index (χ1n) is 11.2. The van der Waals surface area contributed by atoms with Crippen LogP contribution in [0.1, 0.15) is 52.4 Å². The van der Waals surface area contributed by atoms with E-state index in [2.05, 4.69) is 24.8 Å². The third-order valence-electron chi connectivity index (χ3n) is 6.01. The minimum atomic E-state index is -3.70. The second-order valence-electron chi connectivity index (χ2n) is 8.43. The summed E-state index contributed by atoms with van der Waals surface area (Å²) in [6.07, 6.45) is 5.05. The average molecular weight is 468 g/mol. The lowest BCUT2D eigenvalue weighted by atomic mass is 10.1. The molecule has 4 rings (SSSR count). The summed E-state index contributed by atoms with van der Waals surface area (Å²) in [4.78, 5) is 12.7. The van der Waals surface area contributed by atoms with Gasteiger partial charge in [-0.05, 0) is 74.2 Å². The summed E-state index contributed by atoms with van der Waals surface area (Å²) in [6, 6.07) is 11.4. The molecule has 0 aliphatic carbocycles. The molecule has 0 atom stereocenters. The highest BCUT2D eigenvalue weighted by atomic mass is 32.2. The number of aromatic nitrogens is 3. The van der Waals surface area contributed by atoms with Crippen LogP contribution in [0.25, 0.3) is 0 Å². The largest absolute Gasteiger partial charge is 0.352 e. The van der Waals surface area contributed by atoms with E-state index in [1.165, 1.54) is 6.42 Å². The first kappa shape index (κ1) is 23.0. The maximum absolute atomic E-state index is 12.7. The zero-order valence-electron chi connectivity index (χ0n) is 19.0. The molecule has 0 fully saturated rings. The van der Waals surface area contributed by atoms with Gasteiger partial charge in [0.1, 0.15) is 11.6 Å². The Hall–Kier alpha value is -3.20. The van der Waals surface area contributed by atoms with E-state index in [4.69, 9.17) is 0 Å². The normalized spacial score (nSPS) is 13.8. The van der Waals surface area contributed by atoms with E-state index in [9.17, 15) is 13.2 Å². The molecule has 33 heavy (non-hydrogen) atoms. The van der Waals surface area contributed by atoms with Crippen molar-refractivity contribution in [2.24, 2.45) is 0 Å². The number of carbonyl (C=O) groups is 1. The molecule has 1 aromatic heterocycles. The first-order valence-corrected chi connectivity index (χ1v) is 12.7. The van der Waals surface area contributed by atoms with Gasteiger partial charge < -0.3 is 9.88 Å². The zero-order chi connectivity index (χ0) is 23.4. The fraction of sp³-hybridized carbons (Fsp3) is 0.375. The van der Waals surface area contributed by atoms with Crippen molar-refractivity contribution in [3.05, 3.63) is 70.8 Å². The number of rotatable bonds is 7. The Balaban J connectivity index is 1.33. The summed E-state index contributed by atoms with van der Waals surface area (Å²) in [5, 5.41) is 11.5. The highest BCUT2D eigenvalue weighted by molar-refractivity contribution is 7.92. The molecule has 0 saturated carbocycles. The molecule has 2 heterocycles. The van der Waals surface area contributed by atoms with Crippen LogP contribution in [0.2, 0.25) is 0 Å². The molecule has 1 aliphatic rings. The zero-order valence-corrected chi connectivity index (χ0v) is 19.8. The molecule has 1 aliphatic heterocycles. The smallest absolute Gasteiger partial charge is 0.261 e. The minimum Gasteiger partial charge on any atom is -0.352 e. The van der Waals surface area contributed by atoms with Crippen LogP contribution in [0.5, 0.6) is 0 Å². The van der Waals surface area contributed by atoms with E-state index < -0.39 is 10.0 Å². The number of hydrogen-bond acceptors (Lipinski definition) is 5. The fourth-order valence-corrected chi connectivity index (χ4v) is 5.05. The van der Waals surface area contributed by atoms with Crippen molar-refractivity contribution in [2.45, 2.75) is 57.4 Å². The van der Waals surface area contributed by atoms with Gasteiger partial charge in [0.15, 0.2) is 0 Å². The Labute approximate surface area is 194 Å². The van der Waals surface area contributed by atoms with Crippen LogP contribution in [-0.4, -0.2) is 35.6 Å². The number of amides is 1. The molecule has 174 valence electrons. The third kappa shape index (κ3) is 5.42. The summed E-state index contributed by atoms with van der Waals surface area (Å²) in [5.74, 6) is 1.73. The van der Waals surface area contributed by atoms with E-state index in [0.29, 0.717) is 24.2 Å².